The van der Waals surface area contributed by atoms with Crippen molar-refractivity contribution in [2.45, 2.75) is 51.4 Å². The van der Waals surface area contributed by atoms with Crippen LogP contribution in [0.25, 0.3) is 107 Å². The lowest BCUT2D eigenvalue weighted by Gasteiger charge is -2.17. The molecule has 0 aliphatic heterocycles. The maximum Gasteiger partial charge on any atom is 0.0465 e. The number of hydrogen-bond acceptors (Lipinski definition) is 2. The van der Waals surface area contributed by atoms with Crippen molar-refractivity contribution in [3.63, 3.8) is 0 Å². The summed E-state index contributed by atoms with van der Waals surface area (Å²) in [5.74, 6) is 0. The Morgan fingerprint density at radius 3 is 1.03 bits per heavy atom. The molecule has 3 aromatic heterocycles. The molecule has 0 saturated heterocycles. The van der Waals surface area contributed by atoms with Crippen molar-refractivity contribution in [1.29, 1.82) is 0 Å². The Morgan fingerprint density at radius 1 is 0.305 bits per heavy atom. The molecule has 3 heteroatoms. The fraction of sp³-hybridized carbons (Fsp3) is 0.143. The molecule has 0 spiro atoms. The highest BCUT2D eigenvalue weighted by Gasteiger charge is 2.19. The standard InChI is InChI=1S/C56H41NS2/c1-3-11-35-29-37(23-21-33(35)9-1)41-13-5-17-45-47-19-7-15-43(55(47)58-53(41)45)39-25-27-51-49(31-39)50-32-40(26-28-52(50)57-51)44-16-8-20-48-46-18-6-14-42(54(46)59-56(44)48)38-24-22-34-10-2-4-12-36(34)30-38/h5-8,13-32,57H,1-4,9-12H2. The molecule has 0 unspecified atom stereocenters. The van der Waals surface area contributed by atoms with E-state index >= 15 is 0 Å². The number of aryl methyl sites for hydroxylation is 4. The number of benzene rings is 8. The molecule has 11 aromatic rings. The van der Waals surface area contributed by atoms with Gasteiger partial charge in [0.05, 0.1) is 0 Å². The third-order valence-corrected chi connectivity index (χ3v) is 16.2. The maximum atomic E-state index is 3.75. The third-order valence-electron chi connectivity index (χ3n) is 13.6. The van der Waals surface area contributed by atoms with Crippen LogP contribution in [-0.4, -0.2) is 4.98 Å². The van der Waals surface area contributed by atoms with Crippen LogP contribution in [0.5, 0.6) is 0 Å². The first kappa shape index (κ1) is 33.9. The predicted octanol–water partition coefficient (Wildman–Crippen LogP) is 16.5. The van der Waals surface area contributed by atoms with Crippen molar-refractivity contribution in [3.05, 3.63) is 168 Å². The summed E-state index contributed by atoms with van der Waals surface area (Å²) in [6.07, 6.45) is 10.1. The van der Waals surface area contributed by atoms with Crippen LogP contribution in [0.4, 0.5) is 0 Å². The van der Waals surface area contributed by atoms with Crippen molar-refractivity contribution in [1.82, 2.24) is 4.98 Å². The molecule has 0 atom stereocenters. The molecule has 0 radical (unpaired) electrons. The van der Waals surface area contributed by atoms with Gasteiger partial charge in [0.15, 0.2) is 0 Å². The van der Waals surface area contributed by atoms with Crippen molar-refractivity contribution in [2.75, 3.05) is 0 Å². The second-order valence-corrected chi connectivity index (χ2v) is 19.0. The van der Waals surface area contributed by atoms with Crippen molar-refractivity contribution < 1.29 is 0 Å². The smallest absolute Gasteiger partial charge is 0.0465 e. The van der Waals surface area contributed by atoms with E-state index in [9.17, 15) is 0 Å². The van der Waals surface area contributed by atoms with Gasteiger partial charge in [0.2, 0.25) is 0 Å². The van der Waals surface area contributed by atoms with Crippen LogP contribution in [0.1, 0.15) is 47.9 Å². The molecule has 0 bridgehead atoms. The number of thiophene rings is 2. The highest BCUT2D eigenvalue weighted by molar-refractivity contribution is 7.27. The maximum absolute atomic E-state index is 3.75. The van der Waals surface area contributed by atoms with Gasteiger partial charge in [0.1, 0.15) is 0 Å². The molecule has 1 N–H and O–H groups in total. The normalized spacial score (nSPS) is 14.2. The van der Waals surface area contributed by atoms with E-state index in [1.165, 1.54) is 180 Å². The monoisotopic (exact) mass is 791 g/mol. The molecule has 282 valence electrons. The number of aromatic amines is 1. The average molecular weight is 792 g/mol. The summed E-state index contributed by atoms with van der Waals surface area (Å²) >= 11 is 3.91. The molecule has 0 saturated carbocycles. The van der Waals surface area contributed by atoms with E-state index in [-0.39, 0.29) is 0 Å². The lowest BCUT2D eigenvalue weighted by atomic mass is 9.89. The van der Waals surface area contributed by atoms with Gasteiger partial charge in [-0.3, -0.25) is 0 Å². The molecule has 59 heavy (non-hydrogen) atoms. The zero-order valence-corrected chi connectivity index (χ0v) is 34.5. The number of hydrogen-bond donors (Lipinski definition) is 1. The topological polar surface area (TPSA) is 15.8 Å². The number of H-pyrrole nitrogens is 1. The molecule has 2 aliphatic rings. The minimum atomic E-state index is 1.17. The van der Waals surface area contributed by atoms with Crippen LogP contribution in [0.15, 0.2) is 146 Å². The summed E-state index contributed by atoms with van der Waals surface area (Å²) in [7, 11) is 0. The number of rotatable bonds is 4. The van der Waals surface area contributed by atoms with Gasteiger partial charge in [0.25, 0.3) is 0 Å². The Kier molecular flexibility index (Phi) is 7.62. The van der Waals surface area contributed by atoms with Gasteiger partial charge >= 0.3 is 0 Å². The van der Waals surface area contributed by atoms with Gasteiger partial charge in [-0.2, -0.15) is 0 Å². The zero-order valence-electron chi connectivity index (χ0n) is 32.8. The minimum absolute atomic E-state index is 1.17. The first-order valence-electron chi connectivity index (χ1n) is 21.4. The molecule has 1 nitrogen and oxygen atoms in total. The molecular formula is C56H41NS2. The van der Waals surface area contributed by atoms with E-state index in [0.717, 1.165) is 0 Å². The summed E-state index contributed by atoms with van der Waals surface area (Å²) < 4.78 is 5.49. The highest BCUT2D eigenvalue weighted by atomic mass is 32.1. The van der Waals surface area contributed by atoms with Gasteiger partial charge in [-0.15, -0.1) is 22.7 Å². The van der Waals surface area contributed by atoms with Gasteiger partial charge in [0, 0.05) is 62.2 Å². The van der Waals surface area contributed by atoms with Crippen LogP contribution in [0.2, 0.25) is 0 Å². The Labute approximate surface area is 351 Å². The van der Waals surface area contributed by atoms with E-state index in [0.29, 0.717) is 0 Å². The number of nitrogens with one attached hydrogen (secondary N) is 1. The van der Waals surface area contributed by atoms with E-state index in [4.69, 9.17) is 0 Å². The van der Waals surface area contributed by atoms with Gasteiger partial charge in [-0.05, 0) is 142 Å². The van der Waals surface area contributed by atoms with Crippen molar-refractivity contribution in [3.8, 4) is 44.5 Å². The molecule has 13 rings (SSSR count). The van der Waals surface area contributed by atoms with Gasteiger partial charge < -0.3 is 4.98 Å². The van der Waals surface area contributed by atoms with Crippen LogP contribution < -0.4 is 0 Å². The summed E-state index contributed by atoms with van der Waals surface area (Å²) in [5, 5.41) is 7.93. The second kappa shape index (κ2) is 13.3. The van der Waals surface area contributed by atoms with E-state index in [1.807, 2.05) is 22.7 Å². The Hall–Kier alpha value is -6.00. The SMILES string of the molecule is c1cc(-c2ccc3c(c2)CCCC3)c2sc3c(-c4ccc5[nH]c6ccc(-c7cccc8c7sc7c(-c9ccc%10c(c9)CCCC%10)cccc78)cc6c5c4)cccc3c2c1. The second-order valence-electron chi connectivity index (χ2n) is 17.0. The minimum Gasteiger partial charge on any atom is -0.355 e. The summed E-state index contributed by atoms with van der Waals surface area (Å²) in [6.45, 7) is 0. The van der Waals surface area contributed by atoms with Crippen LogP contribution >= 0.6 is 22.7 Å². The Bertz CT molecular complexity index is 3290. The van der Waals surface area contributed by atoms with Gasteiger partial charge in [-0.25, -0.2) is 0 Å². The van der Waals surface area contributed by atoms with E-state index < -0.39 is 0 Å². The number of fused-ring (bicyclic) bond motifs is 11. The first-order chi connectivity index (χ1) is 29.2. The lowest BCUT2D eigenvalue weighted by molar-refractivity contribution is 0.686. The van der Waals surface area contributed by atoms with Crippen molar-refractivity contribution in [2.24, 2.45) is 0 Å². The zero-order chi connectivity index (χ0) is 38.6. The fourth-order valence-corrected chi connectivity index (χ4v) is 13.3. The molecule has 3 heterocycles. The number of aromatic nitrogens is 1. The summed E-state index contributed by atoms with van der Waals surface area (Å²) in [6, 6.07) is 56.0. The van der Waals surface area contributed by atoms with E-state index in [2.05, 4.69) is 151 Å². The summed E-state index contributed by atoms with van der Waals surface area (Å²) in [5.41, 5.74) is 19.0. The van der Waals surface area contributed by atoms with Gasteiger partial charge in [-0.1, -0.05) is 121 Å². The third kappa shape index (κ3) is 5.34. The van der Waals surface area contributed by atoms with Crippen LogP contribution in [-0.2, 0) is 25.7 Å². The van der Waals surface area contributed by atoms with Crippen LogP contribution in [0, 0.1) is 0 Å². The average Bonchev–Trinajstić information content (AvgIpc) is 3.99. The first-order valence-corrected chi connectivity index (χ1v) is 23.0. The molecule has 8 aromatic carbocycles. The Morgan fingerprint density at radius 2 is 0.644 bits per heavy atom. The predicted molar refractivity (Wildman–Crippen MR) is 257 cm³/mol. The van der Waals surface area contributed by atoms with Crippen LogP contribution in [0.3, 0.4) is 0 Å². The summed E-state index contributed by atoms with van der Waals surface area (Å²) in [4.78, 5) is 3.75. The molecule has 0 fully saturated rings. The largest absolute Gasteiger partial charge is 0.355 e. The van der Waals surface area contributed by atoms with Crippen molar-refractivity contribution >= 4 is 84.8 Å². The quantitative estimate of drug-likeness (QED) is 0.183. The highest BCUT2D eigenvalue weighted by Crippen LogP contribution is 2.47. The van der Waals surface area contributed by atoms with E-state index in [1.54, 1.807) is 0 Å². The lowest BCUT2D eigenvalue weighted by Crippen LogP contribution is -2.02. The molecule has 2 aliphatic carbocycles. The molecular weight excluding hydrogens is 751 g/mol. The molecule has 0 amide bonds. The fourth-order valence-electron chi connectivity index (χ4n) is 10.6. The Balaban J connectivity index is 0.926.